The van der Waals surface area contributed by atoms with E-state index < -0.39 is 12.4 Å². The molecular weight excluding hydrogens is 184 g/mol. The van der Waals surface area contributed by atoms with Gasteiger partial charge in [0.25, 0.3) is 0 Å². The highest BCUT2D eigenvalue weighted by molar-refractivity contribution is 4.67. The van der Waals surface area contributed by atoms with E-state index in [-0.39, 0.29) is 6.29 Å². The molecule has 82 valence electrons. The molecule has 4 heteroatoms. The summed E-state index contributed by atoms with van der Waals surface area (Å²) in [5, 5.41) is 9.59. The third-order valence-electron chi connectivity index (χ3n) is 2.66. The molecule has 4 nitrogen and oxygen atoms in total. The molecule has 0 aromatic heterocycles. The average molecular weight is 202 g/mol. The van der Waals surface area contributed by atoms with Gasteiger partial charge in [-0.1, -0.05) is 0 Å². The fourth-order valence-corrected chi connectivity index (χ4v) is 1.84. The first-order valence-corrected chi connectivity index (χ1v) is 5.43. The zero-order chi connectivity index (χ0) is 9.80. The molecule has 0 aromatic carbocycles. The van der Waals surface area contributed by atoms with Crippen molar-refractivity contribution in [2.45, 2.75) is 50.8 Å². The summed E-state index contributed by atoms with van der Waals surface area (Å²) in [5.74, 6) is 0. The number of aliphatic hydroxyl groups is 1. The van der Waals surface area contributed by atoms with Crippen LogP contribution in [0.1, 0.15) is 32.1 Å². The minimum absolute atomic E-state index is 0.179. The molecule has 2 fully saturated rings. The van der Waals surface area contributed by atoms with Crippen molar-refractivity contribution in [2.75, 3.05) is 13.2 Å². The van der Waals surface area contributed by atoms with Crippen LogP contribution in [0, 0.1) is 0 Å². The predicted molar refractivity (Wildman–Crippen MR) is 49.7 cm³/mol. The summed E-state index contributed by atoms with van der Waals surface area (Å²) in [6, 6.07) is 0. The molecule has 0 aliphatic carbocycles. The molecule has 2 aliphatic rings. The maximum Gasteiger partial charge on any atom is 0.186 e. The Morgan fingerprint density at radius 2 is 1.86 bits per heavy atom. The smallest absolute Gasteiger partial charge is 0.186 e. The highest BCUT2D eigenvalue weighted by Crippen LogP contribution is 2.21. The van der Waals surface area contributed by atoms with Crippen LogP contribution in [0.3, 0.4) is 0 Å². The van der Waals surface area contributed by atoms with Crippen molar-refractivity contribution in [1.82, 2.24) is 0 Å². The van der Waals surface area contributed by atoms with E-state index in [1.807, 2.05) is 0 Å². The summed E-state index contributed by atoms with van der Waals surface area (Å²) in [6.45, 7) is 1.43. The monoisotopic (exact) mass is 202 g/mol. The van der Waals surface area contributed by atoms with Gasteiger partial charge < -0.3 is 19.3 Å². The molecule has 0 bridgehead atoms. The van der Waals surface area contributed by atoms with Crippen LogP contribution in [-0.2, 0) is 14.2 Å². The highest BCUT2D eigenvalue weighted by atomic mass is 16.8. The van der Waals surface area contributed by atoms with Gasteiger partial charge in [0.1, 0.15) is 6.10 Å². The molecule has 1 N–H and O–H groups in total. The fourth-order valence-electron chi connectivity index (χ4n) is 1.84. The number of ether oxygens (including phenoxy) is 3. The van der Waals surface area contributed by atoms with Crippen LogP contribution in [0.4, 0.5) is 0 Å². The molecule has 2 aliphatic heterocycles. The minimum atomic E-state index is -0.491. The van der Waals surface area contributed by atoms with E-state index in [1.54, 1.807) is 0 Å². The van der Waals surface area contributed by atoms with Crippen molar-refractivity contribution >= 4 is 0 Å². The van der Waals surface area contributed by atoms with Crippen LogP contribution in [0.5, 0.6) is 0 Å². The Kier molecular flexibility index (Phi) is 3.75. The fraction of sp³-hybridized carbons (Fsp3) is 1.00. The number of hydrogen-bond donors (Lipinski definition) is 1. The lowest BCUT2D eigenvalue weighted by Gasteiger charge is -2.32. The third kappa shape index (κ3) is 2.67. The number of hydrogen-bond acceptors (Lipinski definition) is 4. The largest absolute Gasteiger partial charge is 0.388 e. The Bertz CT molecular complexity index is 168. The van der Waals surface area contributed by atoms with Gasteiger partial charge in [-0.25, -0.2) is 0 Å². The Balaban J connectivity index is 1.76. The van der Waals surface area contributed by atoms with E-state index in [9.17, 15) is 5.11 Å². The average Bonchev–Trinajstić information content (AvgIpc) is 2.23. The van der Waals surface area contributed by atoms with Gasteiger partial charge in [0.2, 0.25) is 0 Å². The summed E-state index contributed by atoms with van der Waals surface area (Å²) in [4.78, 5) is 0. The molecule has 2 heterocycles. The van der Waals surface area contributed by atoms with Gasteiger partial charge in [-0.15, -0.1) is 0 Å². The zero-order valence-corrected chi connectivity index (χ0v) is 8.35. The van der Waals surface area contributed by atoms with E-state index in [4.69, 9.17) is 14.2 Å². The zero-order valence-electron chi connectivity index (χ0n) is 8.35. The van der Waals surface area contributed by atoms with Crippen LogP contribution >= 0.6 is 0 Å². The Morgan fingerprint density at radius 1 is 1.00 bits per heavy atom. The van der Waals surface area contributed by atoms with Gasteiger partial charge in [-0.2, -0.15) is 0 Å². The molecule has 0 spiro atoms. The van der Waals surface area contributed by atoms with E-state index >= 15 is 0 Å². The van der Waals surface area contributed by atoms with E-state index in [2.05, 4.69) is 0 Å². The first-order valence-electron chi connectivity index (χ1n) is 5.43. The summed E-state index contributed by atoms with van der Waals surface area (Å²) >= 11 is 0. The van der Waals surface area contributed by atoms with Crippen molar-refractivity contribution in [2.24, 2.45) is 0 Å². The van der Waals surface area contributed by atoms with Crippen LogP contribution in [-0.4, -0.2) is 37.0 Å². The second kappa shape index (κ2) is 5.07. The first kappa shape index (κ1) is 10.4. The SMILES string of the molecule is O[C@H]1CCCO[C@H]1O[C@H]1CCCCO1. The van der Waals surface area contributed by atoms with Crippen LogP contribution in [0.25, 0.3) is 0 Å². The van der Waals surface area contributed by atoms with Crippen LogP contribution < -0.4 is 0 Å². The predicted octanol–water partition coefficient (Wildman–Crippen LogP) is 1.03. The van der Waals surface area contributed by atoms with Gasteiger partial charge in [0, 0.05) is 13.2 Å². The summed E-state index contributed by atoms with van der Waals surface area (Å²) in [7, 11) is 0. The van der Waals surface area contributed by atoms with E-state index in [1.165, 1.54) is 0 Å². The molecule has 0 radical (unpaired) electrons. The maximum atomic E-state index is 9.59. The number of aliphatic hydroxyl groups excluding tert-OH is 1. The molecule has 0 amide bonds. The van der Waals surface area contributed by atoms with Crippen molar-refractivity contribution in [3.05, 3.63) is 0 Å². The molecule has 3 atom stereocenters. The summed E-state index contributed by atoms with van der Waals surface area (Å²) < 4.78 is 16.3. The Morgan fingerprint density at radius 3 is 2.57 bits per heavy atom. The molecule has 2 saturated heterocycles. The van der Waals surface area contributed by atoms with Gasteiger partial charge in [-0.3, -0.25) is 0 Å². The highest BCUT2D eigenvalue weighted by Gasteiger charge is 2.28. The van der Waals surface area contributed by atoms with E-state index in [0.29, 0.717) is 6.61 Å². The Labute approximate surface area is 84.1 Å². The lowest BCUT2D eigenvalue weighted by atomic mass is 10.1. The van der Waals surface area contributed by atoms with Gasteiger partial charge in [0.15, 0.2) is 12.6 Å². The molecule has 0 aromatic rings. The van der Waals surface area contributed by atoms with Crippen molar-refractivity contribution in [3.63, 3.8) is 0 Å². The van der Waals surface area contributed by atoms with Crippen LogP contribution in [0.2, 0.25) is 0 Å². The summed E-state index contributed by atoms with van der Waals surface area (Å²) in [6.07, 6.45) is 3.67. The lowest BCUT2D eigenvalue weighted by molar-refractivity contribution is -0.291. The second-order valence-corrected chi connectivity index (χ2v) is 3.88. The molecule has 0 saturated carbocycles. The quantitative estimate of drug-likeness (QED) is 0.726. The molecule has 2 rings (SSSR count). The van der Waals surface area contributed by atoms with Gasteiger partial charge in [0.05, 0.1) is 0 Å². The second-order valence-electron chi connectivity index (χ2n) is 3.88. The van der Waals surface area contributed by atoms with Crippen molar-refractivity contribution in [1.29, 1.82) is 0 Å². The molecule has 0 unspecified atom stereocenters. The molecular formula is C10H18O4. The third-order valence-corrected chi connectivity index (χ3v) is 2.66. The van der Waals surface area contributed by atoms with Crippen molar-refractivity contribution < 1.29 is 19.3 Å². The first-order chi connectivity index (χ1) is 6.86. The normalized spacial score (nSPS) is 39.6. The summed E-state index contributed by atoms with van der Waals surface area (Å²) in [5.41, 5.74) is 0. The Hall–Kier alpha value is -0.160. The lowest BCUT2D eigenvalue weighted by Crippen LogP contribution is -2.40. The number of rotatable bonds is 2. The van der Waals surface area contributed by atoms with Gasteiger partial charge >= 0.3 is 0 Å². The topological polar surface area (TPSA) is 47.9 Å². The molecule has 14 heavy (non-hydrogen) atoms. The van der Waals surface area contributed by atoms with Gasteiger partial charge in [-0.05, 0) is 32.1 Å². The minimum Gasteiger partial charge on any atom is -0.388 e. The van der Waals surface area contributed by atoms with Crippen molar-refractivity contribution in [3.8, 4) is 0 Å². The maximum absolute atomic E-state index is 9.59. The van der Waals surface area contributed by atoms with Crippen LogP contribution in [0.15, 0.2) is 0 Å². The van der Waals surface area contributed by atoms with E-state index in [0.717, 1.165) is 38.7 Å². The standard InChI is InChI=1S/C10H18O4/c11-8-4-3-7-13-10(8)14-9-5-1-2-6-12-9/h8-11H,1-7H2/t8-,9-,10-/m0/s1.